The van der Waals surface area contributed by atoms with Gasteiger partial charge in [-0.3, -0.25) is 14.6 Å². The van der Waals surface area contributed by atoms with Crippen molar-refractivity contribution < 1.29 is 14.3 Å². The van der Waals surface area contributed by atoms with E-state index in [1.165, 1.54) is 6.42 Å². The van der Waals surface area contributed by atoms with E-state index in [1.54, 1.807) is 7.05 Å². The number of nitrogens with zero attached hydrogens (tertiary/aromatic N) is 3. The molecule has 2 fully saturated rings. The molecule has 7 nitrogen and oxygen atoms in total. The van der Waals surface area contributed by atoms with Crippen LogP contribution in [0, 0.1) is 11.8 Å². The number of rotatable bonds is 5. The van der Waals surface area contributed by atoms with Crippen molar-refractivity contribution >= 4 is 17.8 Å². The smallest absolute Gasteiger partial charge is 0.309 e. The lowest BCUT2D eigenvalue weighted by Crippen LogP contribution is -2.47. The monoisotopic (exact) mass is 366 g/mol. The fourth-order valence-corrected chi connectivity index (χ4v) is 3.77. The Kier molecular flexibility index (Phi) is 8.19. The number of amides is 1. The highest BCUT2D eigenvalue weighted by Gasteiger charge is 2.27. The molecule has 0 bridgehead atoms. The highest BCUT2D eigenvalue weighted by molar-refractivity contribution is 5.82. The summed E-state index contributed by atoms with van der Waals surface area (Å²) in [7, 11) is 1.76. The maximum absolute atomic E-state index is 12.4. The molecule has 0 radical (unpaired) electrons. The number of nitrogens with one attached hydrogen (secondary N) is 1. The van der Waals surface area contributed by atoms with E-state index in [4.69, 9.17) is 4.74 Å². The molecular weight excluding hydrogens is 332 g/mol. The first-order valence-electron chi connectivity index (χ1n) is 9.95. The fourth-order valence-electron chi connectivity index (χ4n) is 3.77. The van der Waals surface area contributed by atoms with Crippen molar-refractivity contribution in [2.24, 2.45) is 16.8 Å². The largest absolute Gasteiger partial charge is 0.466 e. The molecule has 1 atom stereocenters. The minimum absolute atomic E-state index is 0.00743. The van der Waals surface area contributed by atoms with Crippen LogP contribution >= 0.6 is 0 Å². The predicted octanol–water partition coefficient (Wildman–Crippen LogP) is 1.49. The van der Waals surface area contributed by atoms with E-state index < -0.39 is 0 Å². The number of hydrogen-bond donors (Lipinski definition) is 1. The van der Waals surface area contributed by atoms with Gasteiger partial charge in [-0.2, -0.15) is 0 Å². The van der Waals surface area contributed by atoms with Crippen molar-refractivity contribution in [3.8, 4) is 0 Å². The molecule has 0 aromatic heterocycles. The number of guanidine groups is 1. The highest BCUT2D eigenvalue weighted by atomic mass is 16.5. The van der Waals surface area contributed by atoms with Gasteiger partial charge in [-0.15, -0.1) is 0 Å². The number of esters is 1. The summed E-state index contributed by atoms with van der Waals surface area (Å²) in [6.45, 7) is 8.40. The first kappa shape index (κ1) is 20.5. The van der Waals surface area contributed by atoms with Gasteiger partial charge in [0.2, 0.25) is 5.91 Å². The van der Waals surface area contributed by atoms with Gasteiger partial charge in [-0.25, -0.2) is 0 Å². The molecule has 7 heteroatoms. The lowest BCUT2D eigenvalue weighted by atomic mass is 9.97. The predicted molar refractivity (Wildman–Crippen MR) is 102 cm³/mol. The maximum atomic E-state index is 12.4. The molecule has 148 valence electrons. The average molecular weight is 367 g/mol. The Morgan fingerprint density at radius 2 is 1.88 bits per heavy atom. The van der Waals surface area contributed by atoms with E-state index in [2.05, 4.69) is 22.1 Å². The molecule has 0 aromatic carbocycles. The third kappa shape index (κ3) is 5.88. The van der Waals surface area contributed by atoms with E-state index >= 15 is 0 Å². The van der Waals surface area contributed by atoms with Crippen LogP contribution in [0.2, 0.25) is 0 Å². The Labute approximate surface area is 157 Å². The molecule has 0 spiro atoms. The van der Waals surface area contributed by atoms with Crippen LogP contribution < -0.4 is 5.32 Å². The lowest BCUT2D eigenvalue weighted by molar-refractivity contribution is -0.149. The number of carbonyl (C=O) groups is 2. The molecule has 2 saturated heterocycles. The zero-order chi connectivity index (χ0) is 18.9. The molecule has 1 N–H and O–H groups in total. The van der Waals surface area contributed by atoms with Crippen LogP contribution in [0.25, 0.3) is 0 Å². The number of hydrogen-bond acceptors (Lipinski definition) is 4. The lowest BCUT2D eigenvalue weighted by Gasteiger charge is -2.33. The Morgan fingerprint density at radius 1 is 1.15 bits per heavy atom. The summed E-state index contributed by atoms with van der Waals surface area (Å²) in [5, 5.41) is 3.30. The molecule has 1 amide bonds. The van der Waals surface area contributed by atoms with Gasteiger partial charge in [0.15, 0.2) is 5.96 Å². The van der Waals surface area contributed by atoms with Crippen molar-refractivity contribution in [3.05, 3.63) is 0 Å². The van der Waals surface area contributed by atoms with Gasteiger partial charge in [0.25, 0.3) is 0 Å². The standard InChI is InChI=1S/C19H34N4O3/c1-4-26-18(25)16-8-12-22(13-9-16)19(20-3)21-10-7-17(24)23-11-5-6-15(2)14-23/h15-16H,4-14H2,1-3H3,(H,20,21). The number of piperidine rings is 2. The molecular formula is C19H34N4O3. The second kappa shape index (κ2) is 10.4. The molecule has 1 unspecified atom stereocenters. The summed E-state index contributed by atoms with van der Waals surface area (Å²) >= 11 is 0. The van der Waals surface area contributed by atoms with Gasteiger partial charge in [-0.1, -0.05) is 6.92 Å². The van der Waals surface area contributed by atoms with Gasteiger partial charge in [0.05, 0.1) is 12.5 Å². The summed E-state index contributed by atoms with van der Waals surface area (Å²) in [5.41, 5.74) is 0. The second-order valence-corrected chi connectivity index (χ2v) is 7.32. The summed E-state index contributed by atoms with van der Waals surface area (Å²) < 4.78 is 5.11. The fraction of sp³-hybridized carbons (Fsp3) is 0.842. The van der Waals surface area contributed by atoms with Crippen molar-refractivity contribution in [3.63, 3.8) is 0 Å². The van der Waals surface area contributed by atoms with Crippen LogP contribution in [0.1, 0.15) is 46.0 Å². The summed E-state index contributed by atoms with van der Waals surface area (Å²) in [4.78, 5) is 32.7. The van der Waals surface area contributed by atoms with Crippen molar-refractivity contribution in [1.82, 2.24) is 15.1 Å². The quantitative estimate of drug-likeness (QED) is 0.453. The maximum Gasteiger partial charge on any atom is 0.309 e. The third-order valence-electron chi connectivity index (χ3n) is 5.26. The van der Waals surface area contributed by atoms with E-state index in [-0.39, 0.29) is 17.8 Å². The SMILES string of the molecule is CCOC(=O)C1CCN(C(=NC)NCCC(=O)N2CCCC(C)C2)CC1. The van der Waals surface area contributed by atoms with Gasteiger partial charge in [-0.05, 0) is 38.5 Å². The summed E-state index contributed by atoms with van der Waals surface area (Å²) in [6.07, 6.45) is 4.38. The number of aliphatic imine (C=N–C) groups is 1. The molecule has 0 aliphatic carbocycles. The number of likely N-dealkylation sites (tertiary alicyclic amines) is 2. The van der Waals surface area contributed by atoms with Gasteiger partial charge in [0.1, 0.15) is 0 Å². The topological polar surface area (TPSA) is 74.2 Å². The van der Waals surface area contributed by atoms with Gasteiger partial charge < -0.3 is 19.9 Å². The Balaban J connectivity index is 1.71. The minimum Gasteiger partial charge on any atom is -0.466 e. The second-order valence-electron chi connectivity index (χ2n) is 7.32. The molecule has 0 aromatic rings. The Hall–Kier alpha value is -1.79. The zero-order valence-electron chi connectivity index (χ0n) is 16.5. The number of ether oxygens (including phenoxy) is 1. The van der Waals surface area contributed by atoms with Crippen LogP contribution in [-0.2, 0) is 14.3 Å². The van der Waals surface area contributed by atoms with Crippen LogP contribution in [0.15, 0.2) is 4.99 Å². The Morgan fingerprint density at radius 3 is 2.50 bits per heavy atom. The average Bonchev–Trinajstić information content (AvgIpc) is 2.65. The normalized spacial score (nSPS) is 22.3. The Bertz CT molecular complexity index is 501. The zero-order valence-corrected chi connectivity index (χ0v) is 16.5. The van der Waals surface area contributed by atoms with Crippen LogP contribution in [-0.4, -0.2) is 74.0 Å². The van der Waals surface area contributed by atoms with Crippen LogP contribution in [0.4, 0.5) is 0 Å². The molecule has 0 saturated carbocycles. The van der Waals surface area contributed by atoms with Crippen molar-refractivity contribution in [1.29, 1.82) is 0 Å². The molecule has 2 aliphatic rings. The van der Waals surface area contributed by atoms with Crippen LogP contribution in [0.5, 0.6) is 0 Å². The van der Waals surface area contributed by atoms with Crippen LogP contribution in [0.3, 0.4) is 0 Å². The highest BCUT2D eigenvalue weighted by Crippen LogP contribution is 2.19. The summed E-state index contributed by atoms with van der Waals surface area (Å²) in [6, 6.07) is 0. The minimum atomic E-state index is -0.0866. The molecule has 26 heavy (non-hydrogen) atoms. The number of carbonyl (C=O) groups excluding carboxylic acids is 2. The summed E-state index contributed by atoms with van der Waals surface area (Å²) in [5.74, 6) is 1.55. The molecule has 2 rings (SSSR count). The van der Waals surface area contributed by atoms with E-state index in [9.17, 15) is 9.59 Å². The van der Waals surface area contributed by atoms with Gasteiger partial charge >= 0.3 is 5.97 Å². The van der Waals surface area contributed by atoms with Crippen molar-refractivity contribution in [2.45, 2.75) is 46.0 Å². The van der Waals surface area contributed by atoms with E-state index in [0.29, 0.717) is 25.5 Å². The van der Waals surface area contributed by atoms with E-state index in [0.717, 1.165) is 51.4 Å². The molecule has 2 heterocycles. The van der Waals surface area contributed by atoms with Crippen molar-refractivity contribution in [2.75, 3.05) is 46.4 Å². The van der Waals surface area contributed by atoms with E-state index in [1.807, 2.05) is 11.8 Å². The first-order valence-corrected chi connectivity index (χ1v) is 9.95. The molecule has 2 aliphatic heterocycles. The third-order valence-corrected chi connectivity index (χ3v) is 5.26. The first-order chi connectivity index (χ1) is 12.5. The van der Waals surface area contributed by atoms with Gasteiger partial charge in [0, 0.05) is 46.2 Å².